The number of nitrogens with one attached hydrogen (secondary N) is 1. The number of alkyl halides is 3. The Morgan fingerprint density at radius 1 is 1.19 bits per heavy atom. The van der Waals surface area contributed by atoms with Gasteiger partial charge in [0.05, 0.1) is 5.56 Å². The number of thiophene rings is 1. The molecular formula is C15H15BrF3NS. The van der Waals surface area contributed by atoms with E-state index in [9.17, 15) is 13.2 Å². The molecule has 0 aliphatic carbocycles. The molecule has 0 unspecified atom stereocenters. The van der Waals surface area contributed by atoms with Crippen molar-refractivity contribution in [1.29, 1.82) is 0 Å². The van der Waals surface area contributed by atoms with Gasteiger partial charge in [-0.25, -0.2) is 0 Å². The lowest BCUT2D eigenvalue weighted by Crippen LogP contribution is -2.21. The molecule has 1 N–H and O–H groups in total. The summed E-state index contributed by atoms with van der Waals surface area (Å²) in [5.41, 5.74) is -0.381. The second-order valence-corrected chi connectivity index (χ2v) is 7.07. The first-order chi connectivity index (χ1) is 9.77. The standard InChI is InChI=1S/C15H15BrF3NS/c1-9(2)20-8-11-4-6-14(21-11)12-5-3-10(16)7-13(12)15(17,18)19/h3-7,9,20H,8H2,1-2H3. The summed E-state index contributed by atoms with van der Waals surface area (Å²) in [7, 11) is 0. The molecule has 0 spiro atoms. The Labute approximate surface area is 134 Å². The van der Waals surface area contributed by atoms with Gasteiger partial charge in [-0.05, 0) is 24.3 Å². The molecule has 1 heterocycles. The Morgan fingerprint density at radius 2 is 1.90 bits per heavy atom. The van der Waals surface area contributed by atoms with Crippen LogP contribution in [0.1, 0.15) is 24.3 Å². The highest BCUT2D eigenvalue weighted by Crippen LogP contribution is 2.40. The SMILES string of the molecule is CC(C)NCc1ccc(-c2ccc(Br)cc2C(F)(F)F)s1. The summed E-state index contributed by atoms with van der Waals surface area (Å²) in [6.07, 6.45) is -4.36. The molecule has 1 aromatic heterocycles. The first-order valence-corrected chi connectivity index (χ1v) is 8.07. The Morgan fingerprint density at radius 3 is 2.52 bits per heavy atom. The maximum absolute atomic E-state index is 13.1. The number of rotatable bonds is 4. The van der Waals surface area contributed by atoms with Crippen molar-refractivity contribution in [3.63, 3.8) is 0 Å². The van der Waals surface area contributed by atoms with Gasteiger partial charge in [-0.15, -0.1) is 11.3 Å². The van der Waals surface area contributed by atoms with E-state index < -0.39 is 11.7 Å². The maximum Gasteiger partial charge on any atom is 0.417 e. The van der Waals surface area contributed by atoms with Crippen molar-refractivity contribution in [3.05, 3.63) is 45.2 Å². The molecule has 0 amide bonds. The van der Waals surface area contributed by atoms with Crippen LogP contribution in [0.3, 0.4) is 0 Å². The van der Waals surface area contributed by atoms with E-state index in [2.05, 4.69) is 21.2 Å². The van der Waals surface area contributed by atoms with Crippen LogP contribution >= 0.6 is 27.3 Å². The lowest BCUT2D eigenvalue weighted by atomic mass is 10.1. The number of hydrogen-bond donors (Lipinski definition) is 1. The Kier molecular flexibility index (Phi) is 5.11. The highest BCUT2D eigenvalue weighted by molar-refractivity contribution is 9.10. The molecule has 0 fully saturated rings. The van der Waals surface area contributed by atoms with Crippen molar-refractivity contribution in [2.24, 2.45) is 0 Å². The zero-order valence-electron chi connectivity index (χ0n) is 11.6. The molecule has 0 aliphatic heterocycles. The summed E-state index contributed by atoms with van der Waals surface area (Å²) >= 11 is 4.49. The van der Waals surface area contributed by atoms with Crippen LogP contribution < -0.4 is 5.32 Å². The van der Waals surface area contributed by atoms with Crippen LogP contribution in [-0.2, 0) is 12.7 Å². The van der Waals surface area contributed by atoms with E-state index in [1.54, 1.807) is 12.1 Å². The lowest BCUT2D eigenvalue weighted by Gasteiger charge is -2.12. The molecule has 0 atom stereocenters. The van der Waals surface area contributed by atoms with Crippen molar-refractivity contribution >= 4 is 27.3 Å². The molecule has 1 nitrogen and oxygen atoms in total. The third-order valence-electron chi connectivity index (χ3n) is 2.90. The molecule has 21 heavy (non-hydrogen) atoms. The largest absolute Gasteiger partial charge is 0.417 e. The first-order valence-electron chi connectivity index (χ1n) is 6.46. The van der Waals surface area contributed by atoms with Gasteiger partial charge in [-0.2, -0.15) is 13.2 Å². The predicted octanol–water partition coefficient (Wildman–Crippen LogP) is 5.69. The van der Waals surface area contributed by atoms with Gasteiger partial charge in [-0.1, -0.05) is 35.8 Å². The smallest absolute Gasteiger partial charge is 0.310 e. The normalized spacial score (nSPS) is 12.1. The molecule has 0 saturated heterocycles. The minimum absolute atomic E-state index is 0.228. The van der Waals surface area contributed by atoms with Crippen LogP contribution in [0.2, 0.25) is 0 Å². The summed E-state index contributed by atoms with van der Waals surface area (Å²) in [5.74, 6) is 0. The van der Waals surface area contributed by atoms with Crippen molar-refractivity contribution in [2.45, 2.75) is 32.6 Å². The fourth-order valence-corrected chi connectivity index (χ4v) is 3.25. The fourth-order valence-electron chi connectivity index (χ4n) is 1.89. The van der Waals surface area contributed by atoms with E-state index in [-0.39, 0.29) is 5.56 Å². The van der Waals surface area contributed by atoms with E-state index in [0.29, 0.717) is 21.9 Å². The quantitative estimate of drug-likeness (QED) is 0.720. The maximum atomic E-state index is 13.1. The minimum atomic E-state index is -4.36. The topological polar surface area (TPSA) is 12.0 Å². The fraction of sp³-hybridized carbons (Fsp3) is 0.333. The molecule has 0 bridgehead atoms. The molecule has 114 valence electrons. The molecule has 0 radical (unpaired) electrons. The highest BCUT2D eigenvalue weighted by Gasteiger charge is 2.34. The summed E-state index contributed by atoms with van der Waals surface area (Å²) in [4.78, 5) is 1.66. The van der Waals surface area contributed by atoms with Gasteiger partial charge < -0.3 is 5.32 Å². The number of benzene rings is 1. The van der Waals surface area contributed by atoms with Crippen molar-refractivity contribution in [3.8, 4) is 10.4 Å². The van der Waals surface area contributed by atoms with Crippen LogP contribution in [0.5, 0.6) is 0 Å². The van der Waals surface area contributed by atoms with Gasteiger partial charge in [0.25, 0.3) is 0 Å². The van der Waals surface area contributed by atoms with Gasteiger partial charge in [0.15, 0.2) is 0 Å². The van der Waals surface area contributed by atoms with Gasteiger partial charge in [-0.3, -0.25) is 0 Å². The molecule has 1 aromatic carbocycles. The van der Waals surface area contributed by atoms with Crippen molar-refractivity contribution < 1.29 is 13.2 Å². The van der Waals surface area contributed by atoms with Crippen LogP contribution in [0.4, 0.5) is 13.2 Å². The third-order valence-corrected chi connectivity index (χ3v) is 4.51. The molecule has 0 aliphatic rings. The summed E-state index contributed by atoms with van der Waals surface area (Å²) in [5, 5.41) is 3.26. The second kappa shape index (κ2) is 6.50. The summed E-state index contributed by atoms with van der Waals surface area (Å²) in [6, 6.07) is 8.24. The molecule has 2 rings (SSSR count). The molecule has 6 heteroatoms. The van der Waals surface area contributed by atoms with E-state index in [0.717, 1.165) is 10.9 Å². The van der Waals surface area contributed by atoms with E-state index >= 15 is 0 Å². The molecule has 2 aromatic rings. The zero-order valence-corrected chi connectivity index (χ0v) is 14.0. The van der Waals surface area contributed by atoms with E-state index in [1.165, 1.54) is 17.4 Å². The van der Waals surface area contributed by atoms with Crippen molar-refractivity contribution in [2.75, 3.05) is 0 Å². The second-order valence-electron chi connectivity index (χ2n) is 4.99. The highest BCUT2D eigenvalue weighted by atomic mass is 79.9. The number of halogens is 4. The Hall–Kier alpha value is -0.850. The lowest BCUT2D eigenvalue weighted by molar-refractivity contribution is -0.137. The molecular weight excluding hydrogens is 363 g/mol. The Bertz CT molecular complexity index is 620. The average molecular weight is 378 g/mol. The van der Waals surface area contributed by atoms with Gasteiger partial charge >= 0.3 is 6.18 Å². The zero-order chi connectivity index (χ0) is 15.6. The van der Waals surface area contributed by atoms with Gasteiger partial charge in [0.1, 0.15) is 0 Å². The third kappa shape index (κ3) is 4.31. The predicted molar refractivity (Wildman–Crippen MR) is 84.4 cm³/mol. The van der Waals surface area contributed by atoms with Crippen LogP contribution in [0, 0.1) is 0 Å². The monoisotopic (exact) mass is 377 g/mol. The average Bonchev–Trinajstić information content (AvgIpc) is 2.84. The van der Waals surface area contributed by atoms with Gasteiger partial charge in [0, 0.05) is 32.4 Å². The van der Waals surface area contributed by atoms with Crippen LogP contribution in [0.25, 0.3) is 10.4 Å². The van der Waals surface area contributed by atoms with Crippen molar-refractivity contribution in [1.82, 2.24) is 5.32 Å². The summed E-state index contributed by atoms with van der Waals surface area (Å²) < 4.78 is 39.9. The van der Waals surface area contributed by atoms with Crippen LogP contribution in [0.15, 0.2) is 34.8 Å². The summed E-state index contributed by atoms with van der Waals surface area (Å²) in [6.45, 7) is 4.73. The number of hydrogen-bond acceptors (Lipinski definition) is 2. The minimum Gasteiger partial charge on any atom is -0.310 e. The first kappa shape index (κ1) is 16.5. The Balaban J connectivity index is 2.34. The van der Waals surface area contributed by atoms with Crippen LogP contribution in [-0.4, -0.2) is 6.04 Å². The van der Waals surface area contributed by atoms with E-state index in [1.807, 2.05) is 19.9 Å². The van der Waals surface area contributed by atoms with E-state index in [4.69, 9.17) is 0 Å². The van der Waals surface area contributed by atoms with Gasteiger partial charge in [0.2, 0.25) is 0 Å². The molecule has 0 saturated carbocycles.